The van der Waals surface area contributed by atoms with Crippen molar-refractivity contribution in [2.24, 2.45) is 5.73 Å². The van der Waals surface area contributed by atoms with Crippen LogP contribution in [0.3, 0.4) is 0 Å². The summed E-state index contributed by atoms with van der Waals surface area (Å²) in [6, 6.07) is 5.24. The summed E-state index contributed by atoms with van der Waals surface area (Å²) in [6.07, 6.45) is 4.91. The van der Waals surface area contributed by atoms with Crippen LogP contribution in [-0.2, 0) is 14.4 Å². The number of anilines is 2. The van der Waals surface area contributed by atoms with Gasteiger partial charge in [0.1, 0.15) is 0 Å². The maximum atomic E-state index is 11.9. The molecule has 0 aromatic heterocycles. The SMILES string of the molecule is Cc1cc(NC(=O)CCCCCCN)ccc1N1C(=O)CCC1=O. The van der Waals surface area contributed by atoms with E-state index in [2.05, 4.69) is 5.32 Å². The molecule has 0 radical (unpaired) electrons. The Morgan fingerprint density at radius 2 is 1.79 bits per heavy atom. The number of unbranched alkanes of at least 4 members (excludes halogenated alkanes) is 3. The summed E-state index contributed by atoms with van der Waals surface area (Å²) < 4.78 is 0. The second kappa shape index (κ2) is 8.59. The van der Waals surface area contributed by atoms with Crippen molar-refractivity contribution in [3.63, 3.8) is 0 Å². The fraction of sp³-hybridized carbons (Fsp3) is 0.500. The number of hydrogen-bond acceptors (Lipinski definition) is 4. The topological polar surface area (TPSA) is 92.5 Å². The van der Waals surface area contributed by atoms with Crippen LogP contribution in [0.4, 0.5) is 11.4 Å². The van der Waals surface area contributed by atoms with Gasteiger partial charge in [-0.1, -0.05) is 12.8 Å². The fourth-order valence-electron chi connectivity index (χ4n) is 2.84. The molecule has 0 unspecified atom stereocenters. The first-order valence-electron chi connectivity index (χ1n) is 8.49. The summed E-state index contributed by atoms with van der Waals surface area (Å²) in [5.74, 6) is -0.363. The highest BCUT2D eigenvalue weighted by atomic mass is 16.2. The Morgan fingerprint density at radius 3 is 2.42 bits per heavy atom. The van der Waals surface area contributed by atoms with Gasteiger partial charge in [-0.2, -0.15) is 0 Å². The van der Waals surface area contributed by atoms with Crippen LogP contribution in [0.25, 0.3) is 0 Å². The molecular weight excluding hydrogens is 306 g/mol. The maximum Gasteiger partial charge on any atom is 0.234 e. The lowest BCUT2D eigenvalue weighted by atomic mass is 10.1. The largest absolute Gasteiger partial charge is 0.330 e. The Bertz CT molecular complexity index is 612. The monoisotopic (exact) mass is 331 g/mol. The lowest BCUT2D eigenvalue weighted by molar-refractivity contribution is -0.121. The van der Waals surface area contributed by atoms with E-state index in [-0.39, 0.29) is 30.6 Å². The first kappa shape index (κ1) is 18.1. The zero-order chi connectivity index (χ0) is 17.5. The number of amides is 3. The van der Waals surface area contributed by atoms with Crippen LogP contribution >= 0.6 is 0 Å². The number of carbonyl (C=O) groups excluding carboxylic acids is 3. The van der Waals surface area contributed by atoms with Crippen molar-refractivity contribution in [3.8, 4) is 0 Å². The van der Waals surface area contributed by atoms with Crippen LogP contribution in [0.15, 0.2) is 18.2 Å². The predicted octanol–water partition coefficient (Wildman–Crippen LogP) is 2.50. The van der Waals surface area contributed by atoms with Crippen LogP contribution in [-0.4, -0.2) is 24.3 Å². The number of nitrogens with one attached hydrogen (secondary N) is 1. The molecule has 0 atom stereocenters. The van der Waals surface area contributed by atoms with Gasteiger partial charge < -0.3 is 11.1 Å². The van der Waals surface area contributed by atoms with E-state index >= 15 is 0 Å². The van der Waals surface area contributed by atoms with Gasteiger partial charge in [-0.3, -0.25) is 19.3 Å². The van der Waals surface area contributed by atoms with Gasteiger partial charge in [-0.15, -0.1) is 0 Å². The molecule has 1 aliphatic heterocycles. The average molecular weight is 331 g/mol. The smallest absolute Gasteiger partial charge is 0.234 e. The van der Waals surface area contributed by atoms with Crippen LogP contribution in [0, 0.1) is 6.92 Å². The predicted molar refractivity (Wildman–Crippen MR) is 93.7 cm³/mol. The summed E-state index contributed by atoms with van der Waals surface area (Å²) >= 11 is 0. The van der Waals surface area contributed by atoms with Crippen molar-refractivity contribution in [2.75, 3.05) is 16.8 Å². The van der Waals surface area contributed by atoms with Gasteiger partial charge in [0.15, 0.2) is 0 Å². The van der Waals surface area contributed by atoms with E-state index in [1.54, 1.807) is 18.2 Å². The molecule has 0 spiro atoms. The van der Waals surface area contributed by atoms with Crippen molar-refractivity contribution in [1.82, 2.24) is 0 Å². The molecule has 3 N–H and O–H groups in total. The average Bonchev–Trinajstić information content (AvgIpc) is 2.87. The van der Waals surface area contributed by atoms with E-state index in [0.717, 1.165) is 31.2 Å². The zero-order valence-corrected chi connectivity index (χ0v) is 14.1. The van der Waals surface area contributed by atoms with Gasteiger partial charge in [-0.25, -0.2) is 0 Å². The van der Waals surface area contributed by atoms with E-state index in [9.17, 15) is 14.4 Å². The van der Waals surface area contributed by atoms with Crippen LogP contribution in [0.1, 0.15) is 50.5 Å². The quantitative estimate of drug-likeness (QED) is 0.565. The van der Waals surface area contributed by atoms with Gasteiger partial charge in [-0.05, 0) is 50.1 Å². The lowest BCUT2D eigenvalue weighted by Crippen LogP contribution is -2.29. The first-order valence-corrected chi connectivity index (χ1v) is 8.49. The summed E-state index contributed by atoms with van der Waals surface area (Å²) in [5.41, 5.74) is 7.51. The molecule has 0 saturated carbocycles. The Kier molecular flexibility index (Phi) is 6.49. The van der Waals surface area contributed by atoms with E-state index < -0.39 is 0 Å². The molecule has 1 saturated heterocycles. The van der Waals surface area contributed by atoms with Crippen molar-refractivity contribution in [3.05, 3.63) is 23.8 Å². The molecule has 1 aromatic rings. The molecule has 1 aromatic carbocycles. The minimum absolute atomic E-state index is 0.0248. The van der Waals surface area contributed by atoms with E-state index in [1.165, 1.54) is 4.90 Å². The Hall–Kier alpha value is -2.21. The van der Waals surface area contributed by atoms with Gasteiger partial charge in [0.2, 0.25) is 17.7 Å². The Labute approximate surface area is 142 Å². The van der Waals surface area contributed by atoms with Gasteiger partial charge in [0.25, 0.3) is 0 Å². The van der Waals surface area contributed by atoms with E-state index in [4.69, 9.17) is 5.73 Å². The molecule has 6 nitrogen and oxygen atoms in total. The number of nitrogens with zero attached hydrogens (tertiary/aromatic N) is 1. The standard InChI is InChI=1S/C18H25N3O3/c1-13-12-14(20-16(22)6-4-2-3-5-11-19)7-8-15(13)21-17(23)9-10-18(21)24/h7-8,12H,2-6,9-11,19H2,1H3,(H,20,22). The molecule has 1 aliphatic rings. The first-order chi connectivity index (χ1) is 11.5. The van der Waals surface area contributed by atoms with Crippen LogP contribution in [0.2, 0.25) is 0 Å². The molecule has 6 heteroatoms. The Balaban J connectivity index is 1.91. The minimum Gasteiger partial charge on any atom is -0.330 e. The fourth-order valence-corrected chi connectivity index (χ4v) is 2.84. The van der Waals surface area contributed by atoms with Crippen molar-refractivity contribution < 1.29 is 14.4 Å². The number of hydrogen-bond donors (Lipinski definition) is 2. The zero-order valence-electron chi connectivity index (χ0n) is 14.1. The molecular formula is C18H25N3O3. The molecule has 24 heavy (non-hydrogen) atoms. The number of nitrogens with two attached hydrogens (primary N) is 1. The molecule has 0 bridgehead atoms. The molecule has 1 fully saturated rings. The highest BCUT2D eigenvalue weighted by molar-refractivity contribution is 6.20. The van der Waals surface area contributed by atoms with Crippen molar-refractivity contribution in [2.45, 2.75) is 51.9 Å². The lowest BCUT2D eigenvalue weighted by Gasteiger charge is -2.17. The highest BCUT2D eigenvalue weighted by Crippen LogP contribution is 2.28. The van der Waals surface area contributed by atoms with Gasteiger partial charge in [0, 0.05) is 24.9 Å². The van der Waals surface area contributed by atoms with Gasteiger partial charge >= 0.3 is 0 Å². The molecule has 1 heterocycles. The number of rotatable bonds is 8. The molecule has 2 rings (SSSR count). The van der Waals surface area contributed by atoms with Crippen molar-refractivity contribution >= 4 is 29.1 Å². The van der Waals surface area contributed by atoms with Gasteiger partial charge in [0.05, 0.1) is 5.69 Å². The normalized spacial score (nSPS) is 14.3. The summed E-state index contributed by atoms with van der Waals surface area (Å²) in [7, 11) is 0. The number of aryl methyl sites for hydroxylation is 1. The third-order valence-electron chi connectivity index (χ3n) is 4.13. The second-order valence-corrected chi connectivity index (χ2v) is 6.13. The third-order valence-corrected chi connectivity index (χ3v) is 4.13. The minimum atomic E-state index is -0.169. The van der Waals surface area contributed by atoms with E-state index in [0.29, 0.717) is 24.3 Å². The third kappa shape index (κ3) is 4.64. The highest BCUT2D eigenvalue weighted by Gasteiger charge is 2.31. The maximum absolute atomic E-state index is 11.9. The second-order valence-electron chi connectivity index (χ2n) is 6.13. The molecule has 0 aliphatic carbocycles. The van der Waals surface area contributed by atoms with E-state index in [1.807, 2.05) is 6.92 Å². The van der Waals surface area contributed by atoms with Crippen LogP contribution in [0.5, 0.6) is 0 Å². The Morgan fingerprint density at radius 1 is 1.12 bits per heavy atom. The van der Waals surface area contributed by atoms with Crippen molar-refractivity contribution in [1.29, 1.82) is 0 Å². The summed E-state index contributed by atoms with van der Waals surface area (Å²) in [6.45, 7) is 2.52. The molecule has 3 amide bonds. The number of carbonyl (C=O) groups is 3. The van der Waals surface area contributed by atoms with Crippen LogP contribution < -0.4 is 16.0 Å². The summed E-state index contributed by atoms with van der Waals surface area (Å²) in [5, 5.41) is 2.86. The number of imide groups is 1. The number of benzene rings is 1. The summed E-state index contributed by atoms with van der Waals surface area (Å²) in [4.78, 5) is 36.8. The molecule has 130 valence electrons.